The van der Waals surface area contributed by atoms with Crippen LogP contribution in [-0.2, 0) is 0 Å². The van der Waals surface area contributed by atoms with Crippen LogP contribution in [0.25, 0.3) is 5.52 Å². The molecule has 0 aliphatic carbocycles. The zero-order valence-corrected chi connectivity index (χ0v) is 16.8. The van der Waals surface area contributed by atoms with Gasteiger partial charge >= 0.3 is 0 Å². The van der Waals surface area contributed by atoms with Crippen molar-refractivity contribution < 1.29 is 9.90 Å². The molecule has 0 bridgehead atoms. The molecule has 1 aliphatic rings. The van der Waals surface area contributed by atoms with Gasteiger partial charge in [-0.2, -0.15) is 5.10 Å². The van der Waals surface area contributed by atoms with Crippen molar-refractivity contribution >= 4 is 22.9 Å². The number of Topliss-reactive ketones (excluding diaryl/α,β-unsaturated/α-hetero) is 1. The molecular formula is C20H28ClN3O2. The zero-order valence-electron chi connectivity index (χ0n) is 16.0. The predicted octanol–water partition coefficient (Wildman–Crippen LogP) is 3.78. The average Bonchev–Trinajstić information content (AvgIpc) is 2.85. The van der Waals surface area contributed by atoms with E-state index in [4.69, 9.17) is 11.6 Å². The molecule has 142 valence electrons. The van der Waals surface area contributed by atoms with E-state index in [1.165, 1.54) is 0 Å². The highest BCUT2D eigenvalue weighted by molar-refractivity contribution is 6.36. The van der Waals surface area contributed by atoms with E-state index in [1.807, 2.05) is 30.5 Å². The van der Waals surface area contributed by atoms with Gasteiger partial charge in [0.25, 0.3) is 0 Å². The summed E-state index contributed by atoms with van der Waals surface area (Å²) in [5.74, 6) is 0.659. The van der Waals surface area contributed by atoms with Crippen molar-refractivity contribution in [3.63, 3.8) is 0 Å². The van der Waals surface area contributed by atoms with Crippen LogP contribution in [0.4, 0.5) is 0 Å². The van der Waals surface area contributed by atoms with Gasteiger partial charge in [-0.05, 0) is 64.8 Å². The number of hydrogen-bond acceptors (Lipinski definition) is 4. The van der Waals surface area contributed by atoms with Crippen molar-refractivity contribution in [1.82, 2.24) is 14.5 Å². The van der Waals surface area contributed by atoms with Crippen molar-refractivity contribution in [3.05, 3.63) is 34.6 Å². The quantitative estimate of drug-likeness (QED) is 0.805. The van der Waals surface area contributed by atoms with Gasteiger partial charge in [-0.15, -0.1) is 0 Å². The molecule has 1 unspecified atom stereocenters. The minimum atomic E-state index is -0.667. The summed E-state index contributed by atoms with van der Waals surface area (Å²) in [5, 5.41) is 15.0. The second-order valence-electron chi connectivity index (χ2n) is 8.17. The third-order valence-corrected chi connectivity index (χ3v) is 5.80. The standard InChI is InChI=1S/C20H28ClN3O2/c1-13(15-7-10-23(11-8-15)12-20(3,4)26)19-18(21)17(14(2)25)16-6-5-9-22-24(16)19/h5-6,9,13,15,26H,7-8,10-12H2,1-4H3. The van der Waals surface area contributed by atoms with Gasteiger partial charge in [-0.3, -0.25) is 4.79 Å². The normalized spacial score (nSPS) is 18.4. The molecule has 0 radical (unpaired) electrons. The molecule has 2 aromatic rings. The van der Waals surface area contributed by atoms with Crippen LogP contribution in [0.15, 0.2) is 18.3 Å². The zero-order chi connectivity index (χ0) is 19.1. The number of carbonyl (C=O) groups excluding carboxylic acids is 1. The Morgan fingerprint density at radius 1 is 1.42 bits per heavy atom. The summed E-state index contributed by atoms with van der Waals surface area (Å²) in [4.78, 5) is 14.4. The fourth-order valence-electron chi connectivity index (χ4n) is 4.20. The molecule has 2 aromatic heterocycles. The number of nitrogens with zero attached hydrogens (tertiary/aromatic N) is 3. The van der Waals surface area contributed by atoms with Gasteiger partial charge in [-0.1, -0.05) is 18.5 Å². The van der Waals surface area contributed by atoms with Gasteiger partial charge in [0.1, 0.15) is 0 Å². The number of fused-ring (bicyclic) bond motifs is 1. The molecule has 1 saturated heterocycles. The fraction of sp³-hybridized carbons (Fsp3) is 0.600. The molecule has 0 spiro atoms. The van der Waals surface area contributed by atoms with Crippen LogP contribution in [0.3, 0.4) is 0 Å². The van der Waals surface area contributed by atoms with Gasteiger partial charge in [0, 0.05) is 18.7 Å². The summed E-state index contributed by atoms with van der Waals surface area (Å²) >= 11 is 6.65. The number of aromatic nitrogens is 2. The summed E-state index contributed by atoms with van der Waals surface area (Å²) < 4.78 is 1.84. The van der Waals surface area contributed by atoms with Crippen LogP contribution in [0.2, 0.25) is 5.02 Å². The van der Waals surface area contributed by atoms with E-state index in [0.717, 1.165) is 37.1 Å². The predicted molar refractivity (Wildman–Crippen MR) is 104 cm³/mol. The SMILES string of the molecule is CC(=O)c1c(Cl)c(C(C)C2CCN(CC(C)(C)O)CC2)n2ncccc12. The highest BCUT2D eigenvalue weighted by atomic mass is 35.5. The van der Waals surface area contributed by atoms with Crippen molar-refractivity contribution in [2.75, 3.05) is 19.6 Å². The molecule has 5 nitrogen and oxygen atoms in total. The molecule has 1 atom stereocenters. The minimum Gasteiger partial charge on any atom is -0.389 e. The highest BCUT2D eigenvalue weighted by Gasteiger charge is 2.32. The summed E-state index contributed by atoms with van der Waals surface area (Å²) in [6.07, 6.45) is 3.82. The van der Waals surface area contributed by atoms with E-state index in [0.29, 0.717) is 23.0 Å². The second kappa shape index (κ2) is 7.29. The average molecular weight is 378 g/mol. The van der Waals surface area contributed by atoms with E-state index in [2.05, 4.69) is 16.9 Å². The van der Waals surface area contributed by atoms with Crippen molar-refractivity contribution in [1.29, 1.82) is 0 Å². The van der Waals surface area contributed by atoms with E-state index in [9.17, 15) is 9.90 Å². The second-order valence-corrected chi connectivity index (χ2v) is 8.54. The number of ketones is 1. The van der Waals surface area contributed by atoms with Crippen LogP contribution in [0.5, 0.6) is 0 Å². The molecule has 6 heteroatoms. The lowest BCUT2D eigenvalue weighted by molar-refractivity contribution is 0.0229. The monoisotopic (exact) mass is 377 g/mol. The number of hydrogen-bond donors (Lipinski definition) is 1. The number of piperidine rings is 1. The Labute approximate surface area is 159 Å². The Morgan fingerprint density at radius 2 is 2.08 bits per heavy atom. The fourth-order valence-corrected chi connectivity index (χ4v) is 4.68. The highest BCUT2D eigenvalue weighted by Crippen LogP contribution is 2.39. The summed E-state index contributed by atoms with van der Waals surface area (Å²) in [5.41, 5.74) is 1.63. The lowest BCUT2D eigenvalue weighted by atomic mass is 9.83. The van der Waals surface area contributed by atoms with Gasteiger partial charge in [-0.25, -0.2) is 4.52 Å². The molecule has 0 aromatic carbocycles. The van der Waals surface area contributed by atoms with Crippen molar-refractivity contribution in [2.45, 2.75) is 52.1 Å². The summed E-state index contributed by atoms with van der Waals surface area (Å²) in [7, 11) is 0. The molecule has 3 heterocycles. The summed E-state index contributed by atoms with van der Waals surface area (Å²) in [6.45, 7) is 10.1. The van der Waals surface area contributed by atoms with Crippen LogP contribution in [0, 0.1) is 5.92 Å². The Bertz CT molecular complexity index is 801. The number of β-amino-alcohol motifs (C(OH)–C–C–N with tert-alkyl or cyclic N) is 1. The van der Waals surface area contributed by atoms with Crippen LogP contribution < -0.4 is 0 Å². The van der Waals surface area contributed by atoms with E-state index in [-0.39, 0.29) is 11.7 Å². The Balaban J connectivity index is 1.84. The molecule has 1 N–H and O–H groups in total. The topological polar surface area (TPSA) is 57.8 Å². The van der Waals surface area contributed by atoms with Gasteiger partial charge in [0.2, 0.25) is 0 Å². The van der Waals surface area contributed by atoms with Gasteiger partial charge < -0.3 is 10.0 Å². The van der Waals surface area contributed by atoms with E-state index < -0.39 is 5.60 Å². The lowest BCUT2D eigenvalue weighted by Crippen LogP contribution is -2.43. The molecular weight excluding hydrogens is 350 g/mol. The maximum absolute atomic E-state index is 12.1. The van der Waals surface area contributed by atoms with Gasteiger partial charge in [0.15, 0.2) is 5.78 Å². The molecule has 1 aliphatic heterocycles. The van der Waals surface area contributed by atoms with Crippen molar-refractivity contribution in [2.24, 2.45) is 5.92 Å². The van der Waals surface area contributed by atoms with Crippen LogP contribution >= 0.6 is 11.6 Å². The largest absolute Gasteiger partial charge is 0.389 e. The first kappa shape index (κ1) is 19.3. The summed E-state index contributed by atoms with van der Waals surface area (Å²) in [6, 6.07) is 3.74. The third-order valence-electron chi connectivity index (χ3n) is 5.41. The van der Waals surface area contributed by atoms with E-state index in [1.54, 1.807) is 13.1 Å². The number of rotatable bonds is 5. The Hall–Kier alpha value is -1.43. The number of likely N-dealkylation sites (tertiary alicyclic amines) is 1. The molecule has 3 rings (SSSR count). The maximum atomic E-state index is 12.1. The Kier molecular flexibility index (Phi) is 5.42. The first-order valence-corrected chi connectivity index (χ1v) is 9.67. The van der Waals surface area contributed by atoms with Crippen LogP contribution in [-0.4, -0.2) is 50.6 Å². The first-order chi connectivity index (χ1) is 12.2. The first-order valence-electron chi connectivity index (χ1n) is 9.30. The lowest BCUT2D eigenvalue weighted by Gasteiger charge is -2.37. The smallest absolute Gasteiger partial charge is 0.163 e. The maximum Gasteiger partial charge on any atom is 0.163 e. The number of aliphatic hydroxyl groups is 1. The molecule has 0 saturated carbocycles. The molecule has 0 amide bonds. The number of carbonyl (C=O) groups is 1. The van der Waals surface area contributed by atoms with E-state index >= 15 is 0 Å². The number of halogens is 1. The molecule has 26 heavy (non-hydrogen) atoms. The Morgan fingerprint density at radius 3 is 2.65 bits per heavy atom. The van der Waals surface area contributed by atoms with Crippen molar-refractivity contribution in [3.8, 4) is 0 Å². The molecule has 1 fully saturated rings. The third kappa shape index (κ3) is 3.80. The van der Waals surface area contributed by atoms with Gasteiger partial charge in [0.05, 0.1) is 27.4 Å². The minimum absolute atomic E-state index is 0.0288. The van der Waals surface area contributed by atoms with Crippen LogP contribution in [0.1, 0.15) is 62.5 Å².